The number of carbonyl (C=O) groups is 1. The predicted molar refractivity (Wildman–Crippen MR) is 56.7 cm³/mol. The van der Waals surface area contributed by atoms with Crippen molar-refractivity contribution in [3.05, 3.63) is 30.1 Å². The Morgan fingerprint density at radius 2 is 2.06 bits per heavy atom. The topological polar surface area (TPSA) is 40.5 Å². The van der Waals surface area contributed by atoms with E-state index in [4.69, 9.17) is 5.11 Å². The van der Waals surface area contributed by atoms with Crippen LogP contribution in [-0.2, 0) is 4.79 Å². The minimum absolute atomic E-state index is 0.162. The number of anilines is 1. The van der Waals surface area contributed by atoms with Crippen LogP contribution in [0.25, 0.3) is 0 Å². The van der Waals surface area contributed by atoms with E-state index < -0.39 is 5.97 Å². The SMILES string of the molecule is O=C(O)C1C2CN(c3cccc(F)c3)CC21. The van der Waals surface area contributed by atoms with Gasteiger partial charge in [-0.15, -0.1) is 0 Å². The number of nitrogens with zero attached hydrogens (tertiary/aromatic N) is 1. The normalized spacial score (nSPS) is 31.3. The Bertz CT molecular complexity index is 436. The minimum atomic E-state index is -0.686. The van der Waals surface area contributed by atoms with E-state index in [0.717, 1.165) is 18.8 Å². The van der Waals surface area contributed by atoms with Gasteiger partial charge in [-0.1, -0.05) is 6.07 Å². The summed E-state index contributed by atoms with van der Waals surface area (Å²) in [5, 5.41) is 8.88. The molecule has 2 unspecified atom stereocenters. The first-order valence-corrected chi connectivity index (χ1v) is 5.40. The van der Waals surface area contributed by atoms with Gasteiger partial charge in [0.1, 0.15) is 5.82 Å². The van der Waals surface area contributed by atoms with Gasteiger partial charge in [0.15, 0.2) is 0 Å². The van der Waals surface area contributed by atoms with Crippen LogP contribution in [0.1, 0.15) is 0 Å². The molecule has 84 valence electrons. The molecule has 4 heteroatoms. The maximum atomic E-state index is 13.0. The highest BCUT2D eigenvalue weighted by Crippen LogP contribution is 2.52. The predicted octanol–water partition coefficient (Wildman–Crippen LogP) is 1.59. The Labute approximate surface area is 92.5 Å². The fraction of sp³-hybridized carbons (Fsp3) is 0.417. The minimum Gasteiger partial charge on any atom is -0.481 e. The highest BCUT2D eigenvalue weighted by atomic mass is 19.1. The molecular formula is C12H12FNO2. The summed E-state index contributed by atoms with van der Waals surface area (Å²) in [4.78, 5) is 12.9. The highest BCUT2D eigenvalue weighted by Gasteiger charge is 2.59. The second kappa shape index (κ2) is 3.20. The van der Waals surface area contributed by atoms with Crippen LogP contribution in [0.3, 0.4) is 0 Å². The number of fused-ring (bicyclic) bond motifs is 1. The summed E-state index contributed by atoms with van der Waals surface area (Å²) < 4.78 is 13.0. The molecule has 0 spiro atoms. The summed E-state index contributed by atoms with van der Waals surface area (Å²) >= 11 is 0. The maximum Gasteiger partial charge on any atom is 0.307 e. The van der Waals surface area contributed by atoms with E-state index in [1.54, 1.807) is 6.07 Å². The molecule has 2 fully saturated rings. The zero-order valence-corrected chi connectivity index (χ0v) is 8.64. The van der Waals surface area contributed by atoms with Crippen LogP contribution in [0.2, 0.25) is 0 Å². The number of piperidine rings is 1. The Morgan fingerprint density at radius 3 is 2.62 bits per heavy atom. The van der Waals surface area contributed by atoms with Gasteiger partial charge >= 0.3 is 5.97 Å². The smallest absolute Gasteiger partial charge is 0.307 e. The summed E-state index contributed by atoms with van der Waals surface area (Å²) in [7, 11) is 0. The average molecular weight is 221 g/mol. The zero-order valence-electron chi connectivity index (χ0n) is 8.64. The molecule has 1 saturated heterocycles. The molecule has 16 heavy (non-hydrogen) atoms. The Balaban J connectivity index is 1.72. The molecule has 0 amide bonds. The average Bonchev–Trinajstić information content (AvgIpc) is 2.75. The first kappa shape index (κ1) is 9.63. The van der Waals surface area contributed by atoms with Crippen molar-refractivity contribution in [3.8, 4) is 0 Å². The van der Waals surface area contributed by atoms with Crippen molar-refractivity contribution in [1.82, 2.24) is 0 Å². The number of carboxylic acids is 1. The van der Waals surface area contributed by atoms with E-state index in [1.165, 1.54) is 12.1 Å². The second-order valence-electron chi connectivity index (χ2n) is 4.58. The highest BCUT2D eigenvalue weighted by molar-refractivity contribution is 5.75. The van der Waals surface area contributed by atoms with Crippen molar-refractivity contribution >= 4 is 11.7 Å². The van der Waals surface area contributed by atoms with Gasteiger partial charge in [-0.25, -0.2) is 4.39 Å². The summed E-state index contributed by atoms with van der Waals surface area (Å²) in [6.07, 6.45) is 0. The Morgan fingerprint density at radius 1 is 1.38 bits per heavy atom. The lowest BCUT2D eigenvalue weighted by Gasteiger charge is -2.21. The Hall–Kier alpha value is -1.58. The fourth-order valence-electron chi connectivity index (χ4n) is 2.78. The van der Waals surface area contributed by atoms with E-state index in [0.29, 0.717) is 0 Å². The summed E-state index contributed by atoms with van der Waals surface area (Å²) in [6.45, 7) is 1.48. The molecule has 0 aromatic heterocycles. The van der Waals surface area contributed by atoms with E-state index in [1.807, 2.05) is 6.07 Å². The van der Waals surface area contributed by atoms with Crippen molar-refractivity contribution in [2.75, 3.05) is 18.0 Å². The Kier molecular flexibility index (Phi) is 1.93. The fourth-order valence-corrected chi connectivity index (χ4v) is 2.78. The van der Waals surface area contributed by atoms with Crippen molar-refractivity contribution in [2.24, 2.45) is 17.8 Å². The van der Waals surface area contributed by atoms with Gasteiger partial charge in [0.25, 0.3) is 0 Å². The summed E-state index contributed by atoms with van der Waals surface area (Å²) in [5.41, 5.74) is 0.858. The molecule has 3 nitrogen and oxygen atoms in total. The van der Waals surface area contributed by atoms with Crippen LogP contribution in [0.15, 0.2) is 24.3 Å². The monoisotopic (exact) mass is 221 g/mol. The van der Waals surface area contributed by atoms with Gasteiger partial charge in [-0.3, -0.25) is 4.79 Å². The molecule has 1 N–H and O–H groups in total. The number of rotatable bonds is 2. The maximum absolute atomic E-state index is 13.0. The van der Waals surface area contributed by atoms with Gasteiger partial charge < -0.3 is 10.0 Å². The van der Waals surface area contributed by atoms with Gasteiger partial charge in [0, 0.05) is 18.8 Å². The zero-order chi connectivity index (χ0) is 11.3. The molecule has 3 rings (SSSR count). The van der Waals surface area contributed by atoms with Gasteiger partial charge in [0.05, 0.1) is 5.92 Å². The van der Waals surface area contributed by atoms with Crippen LogP contribution < -0.4 is 4.90 Å². The third-order valence-electron chi connectivity index (χ3n) is 3.65. The molecule has 1 aliphatic carbocycles. The molecule has 0 radical (unpaired) electrons. The number of benzene rings is 1. The second-order valence-corrected chi connectivity index (χ2v) is 4.58. The van der Waals surface area contributed by atoms with Crippen LogP contribution in [0.5, 0.6) is 0 Å². The van der Waals surface area contributed by atoms with Crippen molar-refractivity contribution < 1.29 is 14.3 Å². The van der Waals surface area contributed by atoms with Crippen LogP contribution >= 0.6 is 0 Å². The van der Waals surface area contributed by atoms with Gasteiger partial charge in [0.2, 0.25) is 0 Å². The molecule has 1 aromatic carbocycles. The lowest BCUT2D eigenvalue weighted by atomic mass is 10.2. The molecule has 0 bridgehead atoms. The van der Waals surface area contributed by atoms with E-state index in [-0.39, 0.29) is 23.6 Å². The first-order chi connectivity index (χ1) is 7.66. The molecule has 1 heterocycles. The molecule has 1 aliphatic heterocycles. The van der Waals surface area contributed by atoms with Crippen molar-refractivity contribution in [3.63, 3.8) is 0 Å². The number of carboxylic acid groups (broad SMARTS) is 1. The molecule has 2 atom stereocenters. The summed E-state index contributed by atoms with van der Waals surface area (Å²) in [6, 6.07) is 6.47. The van der Waals surface area contributed by atoms with Crippen LogP contribution in [0, 0.1) is 23.6 Å². The first-order valence-electron chi connectivity index (χ1n) is 5.40. The lowest BCUT2D eigenvalue weighted by Crippen LogP contribution is -2.25. The van der Waals surface area contributed by atoms with Gasteiger partial charge in [-0.2, -0.15) is 0 Å². The molecule has 1 aromatic rings. The third kappa shape index (κ3) is 1.37. The largest absolute Gasteiger partial charge is 0.481 e. The number of aliphatic carboxylic acids is 1. The standard InChI is InChI=1S/C12H12FNO2/c13-7-2-1-3-8(4-7)14-5-9-10(6-14)11(9)12(15)16/h1-4,9-11H,5-6H2,(H,15,16). The van der Waals surface area contributed by atoms with Crippen LogP contribution in [0.4, 0.5) is 10.1 Å². The quantitative estimate of drug-likeness (QED) is 0.824. The van der Waals surface area contributed by atoms with Crippen LogP contribution in [-0.4, -0.2) is 24.2 Å². The summed E-state index contributed by atoms with van der Waals surface area (Å²) in [5.74, 6) is -0.562. The number of hydrogen-bond acceptors (Lipinski definition) is 2. The molecule has 2 aliphatic rings. The van der Waals surface area contributed by atoms with Crippen molar-refractivity contribution in [2.45, 2.75) is 0 Å². The number of halogens is 1. The van der Waals surface area contributed by atoms with Gasteiger partial charge in [-0.05, 0) is 30.0 Å². The van der Waals surface area contributed by atoms with E-state index >= 15 is 0 Å². The molecular weight excluding hydrogens is 209 g/mol. The molecule has 1 saturated carbocycles. The van der Waals surface area contributed by atoms with Crippen molar-refractivity contribution in [1.29, 1.82) is 0 Å². The number of hydrogen-bond donors (Lipinski definition) is 1. The van der Waals surface area contributed by atoms with E-state index in [9.17, 15) is 9.18 Å². The lowest BCUT2D eigenvalue weighted by molar-refractivity contribution is -0.139. The third-order valence-corrected chi connectivity index (χ3v) is 3.65. The van der Waals surface area contributed by atoms with E-state index in [2.05, 4.69) is 4.90 Å².